The molecule has 1 aromatic heterocycles. The number of carbonyl (C=O) groups excluding carboxylic acids is 1. The van der Waals surface area contributed by atoms with E-state index in [4.69, 9.17) is 5.11 Å². The van der Waals surface area contributed by atoms with Crippen LogP contribution in [0.1, 0.15) is 28.2 Å². The Bertz CT molecular complexity index is 658. The lowest BCUT2D eigenvalue weighted by Crippen LogP contribution is -2.31. The summed E-state index contributed by atoms with van der Waals surface area (Å²) in [4.78, 5) is 24.2. The Hall–Kier alpha value is -1.86. The number of nitrogens with one attached hydrogen (secondary N) is 2. The van der Waals surface area contributed by atoms with E-state index < -0.39 is 12.0 Å². The Kier molecular flexibility index (Phi) is 4.98. The molecule has 0 radical (unpaired) electrons. The second-order valence-electron chi connectivity index (χ2n) is 4.30. The monoisotopic (exact) mass is 368 g/mol. The number of thiophene rings is 1. The molecule has 2 amide bonds. The molecular weight excluding hydrogens is 356 g/mol. The molecule has 0 bridgehead atoms. The van der Waals surface area contributed by atoms with Crippen molar-refractivity contribution in [1.82, 2.24) is 5.32 Å². The van der Waals surface area contributed by atoms with Crippen molar-refractivity contribution in [2.24, 2.45) is 0 Å². The summed E-state index contributed by atoms with van der Waals surface area (Å²) in [6.45, 7) is 1.86. The first-order chi connectivity index (χ1) is 9.99. The van der Waals surface area contributed by atoms with Crippen LogP contribution < -0.4 is 10.6 Å². The molecule has 2 aromatic rings. The van der Waals surface area contributed by atoms with Gasteiger partial charge in [-0.05, 0) is 46.4 Å². The van der Waals surface area contributed by atoms with Crippen LogP contribution in [0.25, 0.3) is 0 Å². The molecule has 2 rings (SSSR count). The summed E-state index contributed by atoms with van der Waals surface area (Å²) in [6, 6.07) is 7.94. The van der Waals surface area contributed by atoms with Gasteiger partial charge >= 0.3 is 12.0 Å². The molecule has 1 aromatic carbocycles. The van der Waals surface area contributed by atoms with Crippen LogP contribution in [0.5, 0.6) is 0 Å². The average molecular weight is 369 g/mol. The molecule has 0 fully saturated rings. The third-order valence-electron chi connectivity index (χ3n) is 2.80. The summed E-state index contributed by atoms with van der Waals surface area (Å²) in [5.74, 6) is -1.10. The maximum atomic E-state index is 12.0. The largest absolute Gasteiger partial charge is 0.478 e. The van der Waals surface area contributed by atoms with Crippen LogP contribution in [-0.2, 0) is 0 Å². The van der Waals surface area contributed by atoms with E-state index in [1.54, 1.807) is 23.5 Å². The number of aromatic carboxylic acids is 1. The molecule has 7 heteroatoms. The van der Waals surface area contributed by atoms with Gasteiger partial charge in [0.15, 0.2) is 0 Å². The van der Waals surface area contributed by atoms with Gasteiger partial charge in [0, 0.05) is 9.35 Å². The summed E-state index contributed by atoms with van der Waals surface area (Å²) in [7, 11) is 0. The minimum absolute atomic E-state index is 0.0308. The van der Waals surface area contributed by atoms with E-state index in [0.29, 0.717) is 4.47 Å². The van der Waals surface area contributed by atoms with Crippen LogP contribution in [0.3, 0.4) is 0 Å². The quantitative estimate of drug-likeness (QED) is 0.760. The van der Waals surface area contributed by atoms with Gasteiger partial charge in [-0.1, -0.05) is 12.1 Å². The number of carbonyl (C=O) groups is 2. The molecule has 0 saturated carbocycles. The number of para-hydroxylation sites is 1. The molecule has 5 nitrogen and oxygen atoms in total. The summed E-state index contributed by atoms with van der Waals surface area (Å²) >= 11 is 4.79. The molecule has 0 saturated heterocycles. The van der Waals surface area contributed by atoms with Gasteiger partial charge in [0.1, 0.15) is 0 Å². The lowest BCUT2D eigenvalue weighted by Gasteiger charge is -2.15. The smallest absolute Gasteiger partial charge is 0.337 e. The Morgan fingerprint density at radius 2 is 2.05 bits per heavy atom. The van der Waals surface area contributed by atoms with E-state index >= 15 is 0 Å². The van der Waals surface area contributed by atoms with Crippen molar-refractivity contribution in [3.63, 3.8) is 0 Å². The van der Waals surface area contributed by atoms with Crippen LogP contribution in [-0.4, -0.2) is 17.1 Å². The lowest BCUT2D eigenvalue weighted by molar-refractivity contribution is 0.0698. The number of carboxylic acid groups (broad SMARTS) is 1. The van der Waals surface area contributed by atoms with E-state index in [-0.39, 0.29) is 17.3 Å². The first kappa shape index (κ1) is 15.5. The number of anilines is 1. The maximum Gasteiger partial charge on any atom is 0.337 e. The Balaban J connectivity index is 2.11. The number of urea groups is 1. The Morgan fingerprint density at radius 1 is 1.29 bits per heavy atom. The van der Waals surface area contributed by atoms with Crippen molar-refractivity contribution in [3.05, 3.63) is 50.6 Å². The highest BCUT2D eigenvalue weighted by atomic mass is 79.9. The number of amides is 2. The van der Waals surface area contributed by atoms with E-state index in [1.165, 1.54) is 6.07 Å². The summed E-state index contributed by atoms with van der Waals surface area (Å²) in [6.07, 6.45) is 0. The molecule has 0 aliphatic carbocycles. The van der Waals surface area contributed by atoms with Gasteiger partial charge in [-0.15, -0.1) is 11.3 Å². The zero-order chi connectivity index (χ0) is 15.4. The standard InChI is InChI=1S/C14H13BrN2O3S/c1-8(11-6-3-7-21-11)16-14(20)17-12-9(13(18)19)4-2-5-10(12)15/h2-8H,1H3,(H,18,19)(H2,16,17,20). The topological polar surface area (TPSA) is 78.4 Å². The van der Waals surface area contributed by atoms with Gasteiger partial charge in [0.05, 0.1) is 17.3 Å². The number of carboxylic acids is 1. The van der Waals surface area contributed by atoms with Gasteiger partial charge < -0.3 is 15.7 Å². The lowest BCUT2D eigenvalue weighted by atomic mass is 10.2. The first-order valence-electron chi connectivity index (χ1n) is 6.11. The number of hydrogen-bond donors (Lipinski definition) is 3. The second kappa shape index (κ2) is 6.73. The fourth-order valence-corrected chi connectivity index (χ4v) is 2.98. The van der Waals surface area contributed by atoms with Gasteiger partial charge in [0.2, 0.25) is 0 Å². The molecule has 1 unspecified atom stereocenters. The van der Waals surface area contributed by atoms with Crippen molar-refractivity contribution >= 4 is 45.0 Å². The van der Waals surface area contributed by atoms with Crippen LogP contribution >= 0.6 is 27.3 Å². The minimum atomic E-state index is -1.10. The molecule has 0 aliphatic heterocycles. The molecular formula is C14H13BrN2O3S. The van der Waals surface area contributed by atoms with Gasteiger partial charge in [-0.25, -0.2) is 9.59 Å². The fraction of sp³-hybridized carbons (Fsp3) is 0.143. The van der Waals surface area contributed by atoms with Crippen molar-refractivity contribution in [1.29, 1.82) is 0 Å². The molecule has 0 aliphatic rings. The van der Waals surface area contributed by atoms with E-state index in [1.807, 2.05) is 24.4 Å². The van der Waals surface area contributed by atoms with Crippen LogP contribution in [0.4, 0.5) is 10.5 Å². The molecule has 3 N–H and O–H groups in total. The summed E-state index contributed by atoms with van der Waals surface area (Å²) in [5, 5.41) is 16.4. The highest BCUT2D eigenvalue weighted by Gasteiger charge is 2.16. The fourth-order valence-electron chi connectivity index (χ4n) is 1.78. The zero-order valence-electron chi connectivity index (χ0n) is 11.1. The minimum Gasteiger partial charge on any atom is -0.478 e. The Morgan fingerprint density at radius 3 is 2.67 bits per heavy atom. The van der Waals surface area contributed by atoms with Crippen molar-refractivity contribution < 1.29 is 14.7 Å². The number of hydrogen-bond acceptors (Lipinski definition) is 3. The highest BCUT2D eigenvalue weighted by Crippen LogP contribution is 2.27. The molecule has 1 heterocycles. The van der Waals surface area contributed by atoms with Crippen LogP contribution in [0.2, 0.25) is 0 Å². The van der Waals surface area contributed by atoms with E-state index in [0.717, 1.165) is 4.88 Å². The zero-order valence-corrected chi connectivity index (χ0v) is 13.5. The van der Waals surface area contributed by atoms with Crippen molar-refractivity contribution in [3.8, 4) is 0 Å². The maximum absolute atomic E-state index is 12.0. The summed E-state index contributed by atoms with van der Waals surface area (Å²) < 4.78 is 0.515. The second-order valence-corrected chi connectivity index (χ2v) is 6.14. The molecule has 1 atom stereocenters. The normalized spacial score (nSPS) is 11.7. The third kappa shape index (κ3) is 3.83. The van der Waals surface area contributed by atoms with Gasteiger partial charge in [0.25, 0.3) is 0 Å². The number of rotatable bonds is 4. The average Bonchev–Trinajstić information content (AvgIpc) is 2.94. The summed E-state index contributed by atoms with van der Waals surface area (Å²) in [5.41, 5.74) is 0.268. The van der Waals surface area contributed by atoms with Crippen LogP contribution in [0.15, 0.2) is 40.2 Å². The van der Waals surface area contributed by atoms with Gasteiger partial charge in [-0.3, -0.25) is 0 Å². The number of benzene rings is 1. The van der Waals surface area contributed by atoms with E-state index in [2.05, 4.69) is 26.6 Å². The molecule has 110 valence electrons. The Labute approximate surface area is 134 Å². The molecule has 21 heavy (non-hydrogen) atoms. The van der Waals surface area contributed by atoms with Crippen molar-refractivity contribution in [2.75, 3.05) is 5.32 Å². The molecule has 0 spiro atoms. The predicted molar refractivity (Wildman–Crippen MR) is 86.0 cm³/mol. The number of halogens is 1. The van der Waals surface area contributed by atoms with Gasteiger partial charge in [-0.2, -0.15) is 0 Å². The highest BCUT2D eigenvalue weighted by molar-refractivity contribution is 9.10. The van der Waals surface area contributed by atoms with Crippen molar-refractivity contribution in [2.45, 2.75) is 13.0 Å². The predicted octanol–water partition coefficient (Wildman–Crippen LogP) is 4.09. The third-order valence-corrected chi connectivity index (χ3v) is 4.52. The first-order valence-corrected chi connectivity index (χ1v) is 7.79. The van der Waals surface area contributed by atoms with Crippen LogP contribution in [0, 0.1) is 0 Å². The van der Waals surface area contributed by atoms with E-state index in [9.17, 15) is 9.59 Å². The SMILES string of the molecule is CC(NC(=O)Nc1c(Br)cccc1C(=O)O)c1cccs1.